The number of anilines is 1. The molecule has 0 aromatic carbocycles. The highest BCUT2D eigenvalue weighted by molar-refractivity contribution is 7.98. The van der Waals surface area contributed by atoms with E-state index in [-0.39, 0.29) is 12.0 Å². The Morgan fingerprint density at radius 1 is 1.59 bits per heavy atom. The molecule has 2 aromatic rings. The maximum absolute atomic E-state index is 12.4. The molecule has 3 rings (SSSR count). The lowest BCUT2D eigenvalue weighted by molar-refractivity contribution is -0.139. The molecule has 0 radical (unpaired) electrons. The van der Waals surface area contributed by atoms with E-state index in [1.165, 1.54) is 11.8 Å². The van der Waals surface area contributed by atoms with Gasteiger partial charge >= 0.3 is 5.97 Å². The van der Waals surface area contributed by atoms with Crippen molar-refractivity contribution in [3.8, 4) is 0 Å². The van der Waals surface area contributed by atoms with Gasteiger partial charge in [-0.25, -0.2) is 9.48 Å². The van der Waals surface area contributed by atoms with Crippen molar-refractivity contribution in [1.82, 2.24) is 14.8 Å². The highest BCUT2D eigenvalue weighted by Gasteiger charge is 2.35. The number of hydrogen-bond acceptors (Lipinski definition) is 7. The van der Waals surface area contributed by atoms with Crippen molar-refractivity contribution in [3.63, 3.8) is 0 Å². The lowest BCUT2D eigenvalue weighted by Gasteiger charge is -2.26. The Kier molecular flexibility index (Phi) is 4.21. The van der Waals surface area contributed by atoms with Gasteiger partial charge in [0.15, 0.2) is 0 Å². The zero-order valence-electron chi connectivity index (χ0n) is 12.5. The van der Waals surface area contributed by atoms with Crippen LogP contribution in [0.15, 0.2) is 33.9 Å². The number of nitrogens with zero attached hydrogens (tertiary/aromatic N) is 3. The molecule has 8 heteroatoms. The van der Waals surface area contributed by atoms with Gasteiger partial charge in [0.25, 0.3) is 0 Å². The van der Waals surface area contributed by atoms with Crippen LogP contribution in [0.1, 0.15) is 24.8 Å². The quantitative estimate of drug-likeness (QED) is 0.684. The van der Waals surface area contributed by atoms with Crippen molar-refractivity contribution < 1.29 is 9.53 Å². The molecule has 0 aliphatic carbocycles. The standard InChI is InChI=1S/C14H16N4O2S2/c1-4-20-12(19)10-8(2)15-13-16-14(21-3)17-18(13)11(10)9-6-5-7-22-9/h5-7,11H,4H2,1-3H3,(H,15,16,17)/t11-/m0/s1. The van der Waals surface area contributed by atoms with Gasteiger partial charge in [-0.1, -0.05) is 17.8 Å². The number of fused-ring (bicyclic) bond motifs is 1. The number of hydrogen-bond donors (Lipinski definition) is 1. The van der Waals surface area contributed by atoms with Gasteiger partial charge in [-0.05, 0) is 31.5 Å². The van der Waals surface area contributed by atoms with Crippen LogP contribution in [0.5, 0.6) is 0 Å². The largest absolute Gasteiger partial charge is 0.463 e. The molecule has 0 bridgehead atoms. The van der Waals surface area contributed by atoms with E-state index in [4.69, 9.17) is 4.74 Å². The number of carbonyl (C=O) groups excluding carboxylic acids is 1. The molecule has 0 unspecified atom stereocenters. The summed E-state index contributed by atoms with van der Waals surface area (Å²) in [7, 11) is 0. The number of rotatable bonds is 4. The highest BCUT2D eigenvalue weighted by Crippen LogP contribution is 2.38. The summed E-state index contributed by atoms with van der Waals surface area (Å²) in [6, 6.07) is 3.66. The third-order valence-electron chi connectivity index (χ3n) is 3.32. The molecule has 116 valence electrons. The Hall–Kier alpha value is -1.80. The van der Waals surface area contributed by atoms with Gasteiger partial charge in [-0.15, -0.1) is 16.4 Å². The minimum Gasteiger partial charge on any atom is -0.463 e. The van der Waals surface area contributed by atoms with Crippen LogP contribution in [-0.4, -0.2) is 33.6 Å². The maximum atomic E-state index is 12.4. The normalized spacial score (nSPS) is 17.1. The predicted molar refractivity (Wildman–Crippen MR) is 87.2 cm³/mol. The molecule has 1 N–H and O–H groups in total. The van der Waals surface area contributed by atoms with Gasteiger partial charge < -0.3 is 10.1 Å². The minimum atomic E-state index is -0.322. The smallest absolute Gasteiger partial charge is 0.338 e. The average Bonchev–Trinajstić information content (AvgIpc) is 3.14. The van der Waals surface area contributed by atoms with Crippen LogP contribution < -0.4 is 5.32 Å². The van der Waals surface area contributed by atoms with Gasteiger partial charge in [-0.3, -0.25) is 0 Å². The van der Waals surface area contributed by atoms with Crippen molar-refractivity contribution in [1.29, 1.82) is 0 Å². The third-order valence-corrected chi connectivity index (χ3v) is 4.79. The van der Waals surface area contributed by atoms with Crippen molar-refractivity contribution in [2.75, 3.05) is 18.2 Å². The molecule has 1 aliphatic heterocycles. The number of esters is 1. The van der Waals surface area contributed by atoms with E-state index >= 15 is 0 Å². The molecule has 0 saturated heterocycles. The number of carbonyl (C=O) groups is 1. The fourth-order valence-corrected chi connectivity index (χ4v) is 3.57. The number of nitrogens with one attached hydrogen (secondary N) is 1. The van der Waals surface area contributed by atoms with E-state index in [1.807, 2.05) is 30.7 Å². The fraction of sp³-hybridized carbons (Fsp3) is 0.357. The predicted octanol–water partition coefficient (Wildman–Crippen LogP) is 2.91. The third kappa shape index (κ3) is 2.52. The molecule has 1 aliphatic rings. The van der Waals surface area contributed by atoms with Gasteiger partial charge in [0.2, 0.25) is 11.1 Å². The minimum absolute atomic E-state index is 0.302. The Bertz CT molecular complexity index is 721. The molecule has 2 aromatic heterocycles. The first-order chi connectivity index (χ1) is 10.7. The molecule has 22 heavy (non-hydrogen) atoms. The molecule has 0 spiro atoms. The Labute approximate surface area is 136 Å². The van der Waals surface area contributed by atoms with Crippen molar-refractivity contribution in [2.45, 2.75) is 25.0 Å². The molecular weight excluding hydrogens is 320 g/mol. The van der Waals surface area contributed by atoms with Crippen molar-refractivity contribution >= 4 is 35.0 Å². The van der Waals surface area contributed by atoms with Crippen LogP contribution in [-0.2, 0) is 9.53 Å². The van der Waals surface area contributed by atoms with E-state index in [0.717, 1.165) is 10.6 Å². The summed E-state index contributed by atoms with van der Waals surface area (Å²) in [6.45, 7) is 4.01. The maximum Gasteiger partial charge on any atom is 0.338 e. The lowest BCUT2D eigenvalue weighted by Crippen LogP contribution is -2.29. The monoisotopic (exact) mass is 336 g/mol. The molecule has 1 atom stereocenters. The Balaban J connectivity index is 2.13. The topological polar surface area (TPSA) is 69.0 Å². The molecule has 0 amide bonds. The summed E-state index contributed by atoms with van der Waals surface area (Å²) >= 11 is 3.05. The highest BCUT2D eigenvalue weighted by atomic mass is 32.2. The Morgan fingerprint density at radius 3 is 3.05 bits per heavy atom. The zero-order chi connectivity index (χ0) is 15.7. The molecule has 6 nitrogen and oxygen atoms in total. The van der Waals surface area contributed by atoms with Crippen LogP contribution in [0.25, 0.3) is 0 Å². The summed E-state index contributed by atoms with van der Waals surface area (Å²) in [6.07, 6.45) is 1.92. The van der Waals surface area contributed by atoms with E-state index in [9.17, 15) is 4.79 Å². The van der Waals surface area contributed by atoms with Crippen molar-refractivity contribution in [3.05, 3.63) is 33.7 Å². The molecular formula is C14H16N4O2S2. The second-order valence-electron chi connectivity index (χ2n) is 4.67. The Morgan fingerprint density at radius 2 is 2.41 bits per heavy atom. The summed E-state index contributed by atoms with van der Waals surface area (Å²) < 4.78 is 6.99. The summed E-state index contributed by atoms with van der Waals surface area (Å²) in [5.74, 6) is 0.325. The van der Waals surface area contributed by atoms with Crippen LogP contribution in [0.2, 0.25) is 0 Å². The second kappa shape index (κ2) is 6.13. The molecule has 3 heterocycles. The fourth-order valence-electron chi connectivity index (χ4n) is 2.40. The van der Waals surface area contributed by atoms with Crippen molar-refractivity contribution in [2.24, 2.45) is 0 Å². The first-order valence-corrected chi connectivity index (χ1v) is 8.95. The van der Waals surface area contributed by atoms with E-state index in [1.54, 1.807) is 22.9 Å². The van der Waals surface area contributed by atoms with E-state index < -0.39 is 0 Å². The summed E-state index contributed by atoms with van der Waals surface area (Å²) in [5.41, 5.74) is 1.33. The van der Waals surface area contributed by atoms with E-state index in [0.29, 0.717) is 23.3 Å². The average molecular weight is 336 g/mol. The van der Waals surface area contributed by atoms with E-state index in [2.05, 4.69) is 15.4 Å². The number of allylic oxidation sites excluding steroid dienone is 1. The molecule has 0 fully saturated rings. The number of aromatic nitrogens is 3. The first kappa shape index (κ1) is 15.1. The lowest BCUT2D eigenvalue weighted by atomic mass is 10.0. The van der Waals surface area contributed by atoms with Crippen LogP contribution in [0, 0.1) is 0 Å². The number of thioether (sulfide) groups is 1. The first-order valence-electron chi connectivity index (χ1n) is 6.84. The van der Waals surface area contributed by atoms with Crippen LogP contribution >= 0.6 is 23.1 Å². The summed E-state index contributed by atoms with van der Waals surface area (Å²) in [4.78, 5) is 17.9. The van der Waals surface area contributed by atoms with Gasteiger partial charge in [0.05, 0.1) is 12.2 Å². The SMILES string of the molecule is CCOC(=O)C1=C(C)Nc2nc(SC)nn2[C@H]1c1cccs1. The van der Waals surface area contributed by atoms with Crippen LogP contribution in [0.3, 0.4) is 0 Å². The molecule has 0 saturated carbocycles. The van der Waals surface area contributed by atoms with Gasteiger partial charge in [0, 0.05) is 10.6 Å². The number of ether oxygens (including phenoxy) is 1. The number of thiophene rings is 1. The van der Waals surface area contributed by atoms with Crippen LogP contribution in [0.4, 0.5) is 5.95 Å². The second-order valence-corrected chi connectivity index (χ2v) is 6.42. The van der Waals surface area contributed by atoms with Gasteiger partial charge in [-0.2, -0.15) is 4.98 Å². The summed E-state index contributed by atoms with van der Waals surface area (Å²) in [5, 5.41) is 10.3. The zero-order valence-corrected chi connectivity index (χ0v) is 14.1. The van der Waals surface area contributed by atoms with Gasteiger partial charge in [0.1, 0.15) is 6.04 Å².